The van der Waals surface area contributed by atoms with Crippen molar-refractivity contribution in [3.63, 3.8) is 0 Å². The van der Waals surface area contributed by atoms with Crippen LogP contribution >= 0.6 is 23.2 Å². The molecule has 0 aromatic heterocycles. The fraction of sp³-hybridized carbons (Fsp3) is 0.333. The minimum absolute atomic E-state index is 0.344. The summed E-state index contributed by atoms with van der Waals surface area (Å²) in [4.78, 5) is 22.9. The van der Waals surface area contributed by atoms with Crippen molar-refractivity contribution in [1.29, 1.82) is 0 Å². The lowest BCUT2D eigenvalue weighted by molar-refractivity contribution is -0.142. The average Bonchev–Trinajstić information content (AvgIpc) is 2.29. The first-order valence-corrected chi connectivity index (χ1v) is 6.19. The molecule has 2 N–H and O–H groups in total. The maximum atomic E-state index is 10.8. The van der Waals surface area contributed by atoms with Crippen LogP contribution in [0.4, 0.5) is 0 Å². The second-order valence-electron chi connectivity index (χ2n) is 4.04. The highest BCUT2D eigenvalue weighted by Gasteiger charge is 2.21. The molecule has 0 aliphatic heterocycles. The topological polar surface area (TPSA) is 77.8 Å². The number of hydrogen-bond donors (Lipinski definition) is 2. The van der Waals surface area contributed by atoms with Gasteiger partial charge in [0.25, 0.3) is 0 Å². The number of carboxylic acids is 2. The molecule has 0 heterocycles. The summed E-state index contributed by atoms with van der Waals surface area (Å²) in [6.45, 7) is 0.979. The van der Waals surface area contributed by atoms with Crippen molar-refractivity contribution in [2.24, 2.45) is 0 Å². The van der Waals surface area contributed by atoms with Crippen LogP contribution in [0.15, 0.2) is 18.2 Å². The van der Waals surface area contributed by atoms with Crippen molar-refractivity contribution in [2.75, 3.05) is 13.1 Å². The molecule has 1 atom stereocenters. The highest BCUT2D eigenvalue weighted by molar-refractivity contribution is 6.42. The molecule has 1 aromatic rings. The van der Waals surface area contributed by atoms with Gasteiger partial charge in [-0.05, 0) is 24.6 Å². The van der Waals surface area contributed by atoms with E-state index in [9.17, 15) is 9.59 Å². The summed E-state index contributed by atoms with van der Waals surface area (Å²) in [5.74, 6) is -2.18. The maximum Gasteiger partial charge on any atom is 0.317 e. The fourth-order valence-corrected chi connectivity index (χ4v) is 1.97. The van der Waals surface area contributed by atoms with Crippen LogP contribution in [0.25, 0.3) is 0 Å². The van der Waals surface area contributed by atoms with Crippen LogP contribution in [0.3, 0.4) is 0 Å². The Kier molecular flexibility index (Phi) is 5.60. The van der Waals surface area contributed by atoms with Crippen molar-refractivity contribution in [2.45, 2.75) is 13.0 Å². The molecular formula is C12H13Cl2NO4. The second kappa shape index (κ2) is 6.75. The smallest absolute Gasteiger partial charge is 0.317 e. The van der Waals surface area contributed by atoms with Crippen LogP contribution in [0.2, 0.25) is 10.0 Å². The molecule has 1 aromatic carbocycles. The summed E-state index contributed by atoms with van der Waals surface area (Å²) in [5, 5.41) is 18.4. The van der Waals surface area contributed by atoms with Crippen molar-refractivity contribution in [3.8, 4) is 0 Å². The minimum atomic E-state index is -1.09. The van der Waals surface area contributed by atoms with Crippen LogP contribution in [-0.2, 0) is 9.59 Å². The zero-order chi connectivity index (χ0) is 14.6. The number of carboxylic acid groups (broad SMARTS) is 2. The Balaban J connectivity index is 2.96. The molecule has 104 valence electrons. The Bertz CT molecular complexity index is 477. The molecule has 7 heteroatoms. The molecule has 0 saturated heterocycles. The third-order valence-electron chi connectivity index (χ3n) is 2.65. The van der Waals surface area contributed by atoms with E-state index in [1.165, 1.54) is 4.90 Å². The van der Waals surface area contributed by atoms with Gasteiger partial charge in [0.15, 0.2) is 0 Å². The Morgan fingerprint density at radius 3 is 2.11 bits per heavy atom. The largest absolute Gasteiger partial charge is 0.480 e. The molecule has 1 unspecified atom stereocenters. The molecule has 1 rings (SSSR count). The Morgan fingerprint density at radius 1 is 1.16 bits per heavy atom. The van der Waals surface area contributed by atoms with Crippen molar-refractivity contribution >= 4 is 35.1 Å². The van der Waals surface area contributed by atoms with Gasteiger partial charge in [-0.25, -0.2) is 0 Å². The predicted octanol–water partition coefficient (Wildman–Crippen LogP) is 2.53. The highest BCUT2D eigenvalue weighted by atomic mass is 35.5. The van der Waals surface area contributed by atoms with E-state index in [1.54, 1.807) is 25.1 Å². The molecule has 0 spiro atoms. The van der Waals surface area contributed by atoms with E-state index in [0.717, 1.165) is 0 Å². The standard InChI is InChI=1S/C12H13Cl2NO4/c1-7(8-2-3-9(13)10(14)4-8)15(5-11(16)17)6-12(18)19/h2-4,7H,5-6H2,1H3,(H,16,17)(H,18,19). The van der Waals surface area contributed by atoms with E-state index in [0.29, 0.717) is 15.6 Å². The van der Waals surface area contributed by atoms with E-state index in [1.807, 2.05) is 0 Å². The third-order valence-corrected chi connectivity index (χ3v) is 3.39. The molecule has 0 aliphatic rings. The van der Waals surface area contributed by atoms with E-state index in [2.05, 4.69) is 0 Å². The normalized spacial score (nSPS) is 12.4. The molecule has 0 aliphatic carbocycles. The third kappa shape index (κ3) is 4.70. The molecule has 0 amide bonds. The molecule has 0 bridgehead atoms. The number of nitrogens with zero attached hydrogens (tertiary/aromatic N) is 1. The summed E-state index contributed by atoms with van der Waals surface area (Å²) in [7, 11) is 0. The SMILES string of the molecule is CC(c1ccc(Cl)c(Cl)c1)N(CC(=O)O)CC(=O)O. The fourth-order valence-electron chi connectivity index (χ4n) is 1.66. The van der Waals surface area contributed by atoms with Crippen LogP contribution in [0.1, 0.15) is 18.5 Å². The van der Waals surface area contributed by atoms with Gasteiger partial charge in [0.2, 0.25) is 0 Å². The lowest BCUT2D eigenvalue weighted by Crippen LogP contribution is -2.36. The van der Waals surface area contributed by atoms with Crippen LogP contribution in [0, 0.1) is 0 Å². The van der Waals surface area contributed by atoms with Gasteiger partial charge >= 0.3 is 11.9 Å². The molecule has 0 saturated carbocycles. The number of benzene rings is 1. The summed E-state index contributed by atoms with van der Waals surface area (Å²) < 4.78 is 0. The van der Waals surface area contributed by atoms with Gasteiger partial charge in [-0.2, -0.15) is 0 Å². The predicted molar refractivity (Wildman–Crippen MR) is 71.7 cm³/mol. The van der Waals surface area contributed by atoms with E-state index in [4.69, 9.17) is 33.4 Å². The van der Waals surface area contributed by atoms with Crippen LogP contribution in [-0.4, -0.2) is 40.1 Å². The summed E-state index contributed by atoms with van der Waals surface area (Å²) >= 11 is 11.7. The Morgan fingerprint density at radius 2 is 1.68 bits per heavy atom. The number of aliphatic carboxylic acids is 2. The zero-order valence-electron chi connectivity index (χ0n) is 10.1. The lowest BCUT2D eigenvalue weighted by Gasteiger charge is -2.26. The minimum Gasteiger partial charge on any atom is -0.480 e. The van der Waals surface area contributed by atoms with Gasteiger partial charge < -0.3 is 10.2 Å². The number of halogens is 2. The lowest BCUT2D eigenvalue weighted by atomic mass is 10.1. The summed E-state index contributed by atoms with van der Waals surface area (Å²) in [6.07, 6.45) is 0. The number of carbonyl (C=O) groups is 2. The van der Waals surface area contributed by atoms with Gasteiger partial charge in [-0.15, -0.1) is 0 Å². The van der Waals surface area contributed by atoms with E-state index in [-0.39, 0.29) is 13.1 Å². The van der Waals surface area contributed by atoms with Crippen molar-refractivity contribution in [3.05, 3.63) is 33.8 Å². The quantitative estimate of drug-likeness (QED) is 0.844. The first kappa shape index (κ1) is 15.8. The second-order valence-corrected chi connectivity index (χ2v) is 4.86. The monoisotopic (exact) mass is 305 g/mol. The highest BCUT2D eigenvalue weighted by Crippen LogP contribution is 2.28. The first-order chi connectivity index (χ1) is 8.81. The van der Waals surface area contributed by atoms with Gasteiger partial charge in [0.1, 0.15) is 0 Å². The number of hydrogen-bond acceptors (Lipinski definition) is 3. The molecule has 0 radical (unpaired) electrons. The first-order valence-electron chi connectivity index (χ1n) is 5.44. The van der Waals surface area contributed by atoms with Crippen molar-refractivity contribution in [1.82, 2.24) is 4.90 Å². The average molecular weight is 306 g/mol. The van der Waals surface area contributed by atoms with Gasteiger partial charge in [0, 0.05) is 6.04 Å². The van der Waals surface area contributed by atoms with E-state index >= 15 is 0 Å². The Hall–Kier alpha value is -1.30. The molecule has 19 heavy (non-hydrogen) atoms. The number of rotatable bonds is 6. The molecule has 0 fully saturated rings. The summed E-state index contributed by atoms with van der Waals surface area (Å²) in [5.41, 5.74) is 0.705. The van der Waals surface area contributed by atoms with Gasteiger partial charge in [-0.1, -0.05) is 29.3 Å². The summed E-state index contributed by atoms with van der Waals surface area (Å²) in [6, 6.07) is 4.48. The molecule has 5 nitrogen and oxygen atoms in total. The maximum absolute atomic E-state index is 10.8. The molecular weight excluding hydrogens is 293 g/mol. The van der Waals surface area contributed by atoms with Gasteiger partial charge in [-0.3, -0.25) is 14.5 Å². The van der Waals surface area contributed by atoms with Crippen LogP contribution < -0.4 is 0 Å². The zero-order valence-corrected chi connectivity index (χ0v) is 11.6. The Labute approximate surface area is 120 Å². The van der Waals surface area contributed by atoms with Crippen molar-refractivity contribution < 1.29 is 19.8 Å². The van der Waals surface area contributed by atoms with Crippen LogP contribution in [0.5, 0.6) is 0 Å². The van der Waals surface area contributed by atoms with Gasteiger partial charge in [0.05, 0.1) is 23.1 Å². The van der Waals surface area contributed by atoms with E-state index < -0.39 is 18.0 Å².